The molecule has 7 nitrogen and oxygen atoms in total. The second-order valence-corrected chi connectivity index (χ2v) is 10.9. The molecule has 2 N–H and O–H groups in total. The zero-order chi connectivity index (χ0) is 25.9. The quantitative estimate of drug-likeness (QED) is 0.523. The van der Waals surface area contributed by atoms with Crippen molar-refractivity contribution in [2.24, 2.45) is 17.8 Å². The summed E-state index contributed by atoms with van der Waals surface area (Å²) in [6, 6.07) is 5.18. The highest BCUT2D eigenvalue weighted by Gasteiger charge is 2.41. The number of halogens is 1. The van der Waals surface area contributed by atoms with E-state index in [4.69, 9.17) is 9.47 Å². The molecule has 0 unspecified atom stereocenters. The zero-order valence-corrected chi connectivity index (χ0v) is 21.8. The van der Waals surface area contributed by atoms with Gasteiger partial charge in [-0.3, -0.25) is 9.59 Å². The minimum atomic E-state index is -1.52. The van der Waals surface area contributed by atoms with E-state index in [-0.39, 0.29) is 18.6 Å². The van der Waals surface area contributed by atoms with Crippen LogP contribution in [0.1, 0.15) is 75.1 Å². The fraction of sp³-hybridized carbons (Fsp3) is 0.621. The molecule has 2 amide bonds. The number of carbonyl (C=O) groups is 2. The minimum absolute atomic E-state index is 0.116. The number of pyridine rings is 1. The van der Waals surface area contributed by atoms with Crippen molar-refractivity contribution >= 4 is 22.6 Å². The second-order valence-electron chi connectivity index (χ2n) is 10.9. The number of fused-ring (bicyclic) bond motifs is 1. The molecule has 2 heterocycles. The van der Waals surface area contributed by atoms with Gasteiger partial charge < -0.3 is 20.1 Å². The number of methoxy groups -OCH3 is 1. The van der Waals surface area contributed by atoms with Crippen LogP contribution in [0.25, 0.3) is 10.8 Å². The first-order valence-electron chi connectivity index (χ1n) is 13.8. The Balaban J connectivity index is 1.27. The molecule has 1 saturated heterocycles. The van der Waals surface area contributed by atoms with E-state index in [1.165, 1.54) is 38.5 Å². The van der Waals surface area contributed by atoms with Crippen LogP contribution in [0.15, 0.2) is 24.4 Å². The molecule has 1 aromatic heterocycles. The number of nitrogens with one attached hydrogen (secondary N) is 2. The lowest BCUT2D eigenvalue weighted by atomic mass is 9.77. The summed E-state index contributed by atoms with van der Waals surface area (Å²) in [5.41, 5.74) is 0.486. The molecule has 1 aromatic carbocycles. The Morgan fingerprint density at radius 2 is 1.86 bits per heavy atom. The van der Waals surface area contributed by atoms with Gasteiger partial charge in [-0.15, -0.1) is 0 Å². The van der Waals surface area contributed by atoms with Crippen LogP contribution in [0, 0.1) is 17.8 Å². The summed E-state index contributed by atoms with van der Waals surface area (Å²) < 4.78 is 25.7. The van der Waals surface area contributed by atoms with E-state index in [2.05, 4.69) is 15.6 Å². The van der Waals surface area contributed by atoms with E-state index in [1.54, 1.807) is 19.4 Å². The molecule has 37 heavy (non-hydrogen) atoms. The molecule has 8 heteroatoms. The molecule has 0 spiro atoms. The standard InChI is InChI=1S/C29H38FN3O4/c1-3-21-24(33-28(35)26(21)30)16-37-29-22-15-25(36-2)23(14-19(22)12-13-31-29)27(34)32-20-10-8-18(9-11-20)17-6-4-5-7-17/h12-15,17-18,20-21,24,26H,3-11,16H2,1-2H3,(H,32,34)(H,33,35)/t18?,20?,21-,24+,26-/m0/s1. The third-order valence-corrected chi connectivity index (χ3v) is 8.81. The number of ether oxygens (including phenoxy) is 2. The van der Waals surface area contributed by atoms with Crippen LogP contribution in [-0.4, -0.2) is 48.8 Å². The highest BCUT2D eigenvalue weighted by atomic mass is 19.1. The van der Waals surface area contributed by atoms with Crippen LogP contribution in [-0.2, 0) is 4.79 Å². The van der Waals surface area contributed by atoms with Gasteiger partial charge >= 0.3 is 0 Å². The molecule has 2 aliphatic carbocycles. The predicted octanol–water partition coefficient (Wildman–Crippen LogP) is 4.96. The van der Waals surface area contributed by atoms with E-state index in [0.29, 0.717) is 29.0 Å². The molecule has 2 saturated carbocycles. The average molecular weight is 512 g/mol. The third kappa shape index (κ3) is 5.39. The second kappa shape index (κ2) is 11.2. The molecular formula is C29H38FN3O4. The van der Waals surface area contributed by atoms with Crippen molar-refractivity contribution in [1.82, 2.24) is 15.6 Å². The van der Waals surface area contributed by atoms with E-state index in [9.17, 15) is 14.0 Å². The van der Waals surface area contributed by atoms with Gasteiger partial charge in [-0.1, -0.05) is 32.6 Å². The Morgan fingerprint density at radius 1 is 1.14 bits per heavy atom. The highest BCUT2D eigenvalue weighted by molar-refractivity contribution is 6.02. The van der Waals surface area contributed by atoms with E-state index < -0.39 is 24.0 Å². The summed E-state index contributed by atoms with van der Waals surface area (Å²) in [4.78, 5) is 29.4. The van der Waals surface area contributed by atoms with E-state index >= 15 is 0 Å². The Kier molecular flexibility index (Phi) is 7.81. The number of amides is 2. The van der Waals surface area contributed by atoms with Gasteiger partial charge in [-0.05, 0) is 67.5 Å². The van der Waals surface area contributed by atoms with Gasteiger partial charge in [0.25, 0.3) is 11.8 Å². The maximum absolute atomic E-state index is 14.1. The Labute approximate surface area is 217 Å². The lowest BCUT2D eigenvalue weighted by Gasteiger charge is -2.32. The van der Waals surface area contributed by atoms with Crippen LogP contribution < -0.4 is 20.1 Å². The van der Waals surface area contributed by atoms with Crippen molar-refractivity contribution in [3.63, 3.8) is 0 Å². The third-order valence-electron chi connectivity index (χ3n) is 8.81. The maximum Gasteiger partial charge on any atom is 0.255 e. The topological polar surface area (TPSA) is 89.5 Å². The van der Waals surface area contributed by atoms with Crippen molar-refractivity contribution in [2.75, 3.05) is 13.7 Å². The molecule has 5 rings (SSSR count). The van der Waals surface area contributed by atoms with Crippen molar-refractivity contribution < 1.29 is 23.5 Å². The molecule has 3 atom stereocenters. The molecule has 3 aliphatic rings. The van der Waals surface area contributed by atoms with Gasteiger partial charge in [-0.25, -0.2) is 9.37 Å². The number of hydrogen-bond acceptors (Lipinski definition) is 5. The van der Waals surface area contributed by atoms with Gasteiger partial charge in [0.15, 0.2) is 6.17 Å². The van der Waals surface area contributed by atoms with Crippen molar-refractivity contribution in [1.29, 1.82) is 0 Å². The lowest BCUT2D eigenvalue weighted by molar-refractivity contribution is -0.123. The first-order valence-corrected chi connectivity index (χ1v) is 13.8. The number of carbonyl (C=O) groups excluding carboxylic acids is 2. The molecular weight excluding hydrogens is 473 g/mol. The zero-order valence-electron chi connectivity index (χ0n) is 21.8. The Bertz CT molecular complexity index is 1130. The molecule has 1 aliphatic heterocycles. The fourth-order valence-electron chi connectivity index (χ4n) is 6.66. The highest BCUT2D eigenvalue weighted by Crippen LogP contribution is 2.39. The minimum Gasteiger partial charge on any atom is -0.496 e. The number of aromatic nitrogens is 1. The predicted molar refractivity (Wildman–Crippen MR) is 140 cm³/mol. The van der Waals surface area contributed by atoms with Crippen LogP contribution in [0.5, 0.6) is 11.6 Å². The number of alkyl halides is 1. The molecule has 200 valence electrons. The van der Waals surface area contributed by atoms with Crippen LogP contribution in [0.4, 0.5) is 4.39 Å². The summed E-state index contributed by atoms with van der Waals surface area (Å²) in [5.74, 6) is 1.37. The van der Waals surface area contributed by atoms with Crippen LogP contribution in [0.3, 0.4) is 0 Å². The first kappa shape index (κ1) is 25.7. The monoisotopic (exact) mass is 511 g/mol. The fourth-order valence-corrected chi connectivity index (χ4v) is 6.66. The average Bonchev–Trinajstić information content (AvgIpc) is 3.55. The van der Waals surface area contributed by atoms with Crippen molar-refractivity contribution in [3.8, 4) is 11.6 Å². The summed E-state index contributed by atoms with van der Waals surface area (Å²) in [6.45, 7) is 1.98. The number of rotatable bonds is 8. The lowest BCUT2D eigenvalue weighted by Crippen LogP contribution is -2.38. The van der Waals surface area contributed by atoms with Crippen LogP contribution in [0.2, 0.25) is 0 Å². The Morgan fingerprint density at radius 3 is 2.57 bits per heavy atom. The van der Waals surface area contributed by atoms with E-state index in [0.717, 1.165) is 30.1 Å². The number of nitrogens with zero attached hydrogens (tertiary/aromatic N) is 1. The summed E-state index contributed by atoms with van der Waals surface area (Å²) in [5, 5.41) is 7.42. The van der Waals surface area contributed by atoms with Gasteiger partial charge in [-0.2, -0.15) is 0 Å². The van der Waals surface area contributed by atoms with E-state index in [1.807, 2.05) is 19.1 Å². The summed E-state index contributed by atoms with van der Waals surface area (Å²) >= 11 is 0. The van der Waals surface area contributed by atoms with Crippen molar-refractivity contribution in [2.45, 2.75) is 83.0 Å². The number of benzene rings is 1. The Hall–Kier alpha value is -2.90. The van der Waals surface area contributed by atoms with Gasteiger partial charge in [0, 0.05) is 23.5 Å². The molecule has 0 bridgehead atoms. The maximum atomic E-state index is 14.1. The molecule has 0 radical (unpaired) electrons. The smallest absolute Gasteiger partial charge is 0.255 e. The van der Waals surface area contributed by atoms with Crippen LogP contribution >= 0.6 is 0 Å². The normalized spacial score (nSPS) is 28.3. The number of hydrogen-bond donors (Lipinski definition) is 2. The van der Waals surface area contributed by atoms with Gasteiger partial charge in [0.1, 0.15) is 12.4 Å². The molecule has 3 fully saturated rings. The van der Waals surface area contributed by atoms with Gasteiger partial charge in [0.05, 0.1) is 18.7 Å². The summed E-state index contributed by atoms with van der Waals surface area (Å²) in [6.07, 6.45) is 10.6. The van der Waals surface area contributed by atoms with Crippen molar-refractivity contribution in [3.05, 3.63) is 30.0 Å². The molecule has 2 aromatic rings. The summed E-state index contributed by atoms with van der Waals surface area (Å²) in [7, 11) is 1.54. The SMILES string of the molecule is CC[C@@H]1[C@H](F)C(=O)N[C@@H]1COc1nccc2cc(C(=O)NC3CCC(C4CCCC4)CC3)c(OC)cc12. The van der Waals surface area contributed by atoms with Gasteiger partial charge in [0.2, 0.25) is 5.88 Å². The first-order chi connectivity index (χ1) is 18.0. The largest absolute Gasteiger partial charge is 0.496 e.